The van der Waals surface area contributed by atoms with Crippen molar-refractivity contribution in [3.05, 3.63) is 53.7 Å². The Morgan fingerprint density at radius 1 is 1.16 bits per heavy atom. The molecule has 38 heavy (non-hydrogen) atoms. The van der Waals surface area contributed by atoms with Gasteiger partial charge in [0.05, 0.1) is 28.0 Å². The predicted octanol–water partition coefficient (Wildman–Crippen LogP) is 2.92. The van der Waals surface area contributed by atoms with E-state index in [0.29, 0.717) is 35.8 Å². The van der Waals surface area contributed by atoms with Crippen LogP contribution in [0.25, 0.3) is 27.5 Å². The minimum atomic E-state index is -0.311. The van der Waals surface area contributed by atoms with Crippen molar-refractivity contribution in [2.24, 2.45) is 0 Å². The van der Waals surface area contributed by atoms with E-state index in [0.717, 1.165) is 42.2 Å². The Morgan fingerprint density at radius 3 is 2.68 bits per heavy atom. The molecule has 5 heterocycles. The van der Waals surface area contributed by atoms with Crippen LogP contribution in [0.15, 0.2) is 48.1 Å². The van der Waals surface area contributed by atoms with E-state index in [1.54, 1.807) is 41.2 Å². The van der Waals surface area contributed by atoms with Crippen LogP contribution in [0.1, 0.15) is 30.6 Å². The second-order valence-electron chi connectivity index (χ2n) is 9.11. The number of rotatable bonds is 10. The van der Waals surface area contributed by atoms with Crippen LogP contribution in [0.4, 0.5) is 5.82 Å². The van der Waals surface area contributed by atoms with Crippen molar-refractivity contribution in [1.82, 2.24) is 35.1 Å². The van der Waals surface area contributed by atoms with Gasteiger partial charge >= 0.3 is 0 Å². The normalized spacial score (nSPS) is 15.1. The van der Waals surface area contributed by atoms with Crippen molar-refractivity contribution in [2.75, 3.05) is 44.7 Å². The van der Waals surface area contributed by atoms with E-state index >= 15 is 0 Å². The second-order valence-corrected chi connectivity index (χ2v) is 10.1. The van der Waals surface area contributed by atoms with Gasteiger partial charge < -0.3 is 20.4 Å². The van der Waals surface area contributed by atoms with Gasteiger partial charge in [-0.3, -0.25) is 9.59 Å². The molecule has 0 aliphatic carbocycles. The zero-order valence-corrected chi connectivity index (χ0v) is 22.7. The number of anilines is 1. The van der Waals surface area contributed by atoms with E-state index in [-0.39, 0.29) is 17.9 Å². The minimum Gasteiger partial charge on any atom is -0.357 e. The van der Waals surface area contributed by atoms with Gasteiger partial charge in [0.1, 0.15) is 11.9 Å². The summed E-state index contributed by atoms with van der Waals surface area (Å²) in [6.45, 7) is 8.08. The van der Waals surface area contributed by atoms with Crippen LogP contribution in [0.5, 0.6) is 0 Å². The fraction of sp³-hybridized carbons (Fsp3) is 0.370. The maximum atomic E-state index is 13.3. The smallest absolute Gasteiger partial charge is 0.251 e. The number of hydrogen-bond donors (Lipinski definition) is 2. The lowest BCUT2D eigenvalue weighted by Gasteiger charge is -2.40. The maximum absolute atomic E-state index is 13.3. The molecule has 10 nitrogen and oxygen atoms in total. The highest BCUT2D eigenvalue weighted by molar-refractivity contribution is 7.13. The Balaban J connectivity index is 1.52. The van der Waals surface area contributed by atoms with Crippen molar-refractivity contribution < 1.29 is 9.59 Å². The summed E-state index contributed by atoms with van der Waals surface area (Å²) >= 11 is 1.62. The number of aromatic nitrogens is 4. The van der Waals surface area contributed by atoms with Gasteiger partial charge in [0.15, 0.2) is 5.65 Å². The maximum Gasteiger partial charge on any atom is 0.251 e. The first-order valence-corrected chi connectivity index (χ1v) is 13.8. The van der Waals surface area contributed by atoms with Crippen LogP contribution < -0.4 is 15.5 Å². The molecule has 1 unspecified atom stereocenters. The molecule has 1 fully saturated rings. The molecule has 0 aromatic carbocycles. The van der Waals surface area contributed by atoms with Gasteiger partial charge in [0.25, 0.3) is 5.91 Å². The predicted molar refractivity (Wildman–Crippen MR) is 149 cm³/mol. The van der Waals surface area contributed by atoms with E-state index in [2.05, 4.69) is 34.5 Å². The third-order valence-electron chi connectivity index (χ3n) is 6.96. The van der Waals surface area contributed by atoms with Gasteiger partial charge in [0.2, 0.25) is 5.91 Å². The fourth-order valence-electron chi connectivity index (χ4n) is 4.61. The Kier molecular flexibility index (Phi) is 7.66. The highest BCUT2D eigenvalue weighted by Gasteiger charge is 2.35. The zero-order valence-electron chi connectivity index (χ0n) is 21.8. The number of carbonyl (C=O) groups excluding carboxylic acids is 2. The summed E-state index contributed by atoms with van der Waals surface area (Å²) < 4.78 is 1.71. The minimum absolute atomic E-state index is 0.0630. The van der Waals surface area contributed by atoms with Crippen molar-refractivity contribution >= 4 is 34.6 Å². The first-order valence-electron chi connectivity index (χ1n) is 12.9. The molecule has 4 aromatic heterocycles. The van der Waals surface area contributed by atoms with Crippen molar-refractivity contribution in [2.45, 2.75) is 26.3 Å². The van der Waals surface area contributed by atoms with Crippen molar-refractivity contribution in [3.8, 4) is 21.8 Å². The zero-order chi connectivity index (χ0) is 26.6. The SMILES string of the molecule is CCN(CC)CCNC(=O)c1cc(-c2cnn3ccc(-c4cccs4)nc23)nc(N2CCC2C(=O)NC)c1. The van der Waals surface area contributed by atoms with Crippen LogP contribution in [0, 0.1) is 0 Å². The fourth-order valence-corrected chi connectivity index (χ4v) is 5.31. The summed E-state index contributed by atoms with van der Waals surface area (Å²) in [4.78, 5) is 40.7. The number of amides is 2. The van der Waals surface area contributed by atoms with Gasteiger partial charge in [-0.1, -0.05) is 19.9 Å². The third kappa shape index (κ3) is 5.11. The van der Waals surface area contributed by atoms with E-state index in [1.165, 1.54) is 0 Å². The topological polar surface area (TPSA) is 108 Å². The molecule has 2 amide bonds. The largest absolute Gasteiger partial charge is 0.357 e. The lowest BCUT2D eigenvalue weighted by molar-refractivity contribution is -0.123. The second kappa shape index (κ2) is 11.3. The molecule has 0 spiro atoms. The monoisotopic (exact) mass is 532 g/mol. The number of likely N-dealkylation sites (N-methyl/N-ethyl adjacent to an activating group) is 2. The number of nitrogens with zero attached hydrogens (tertiary/aromatic N) is 6. The Hall–Kier alpha value is -3.83. The van der Waals surface area contributed by atoms with Crippen LogP contribution in [-0.4, -0.2) is 82.1 Å². The van der Waals surface area contributed by atoms with Crippen LogP contribution >= 0.6 is 11.3 Å². The van der Waals surface area contributed by atoms with Crippen LogP contribution in [0.3, 0.4) is 0 Å². The first kappa shape index (κ1) is 25.8. The molecule has 0 saturated carbocycles. The molecule has 4 aromatic rings. The van der Waals surface area contributed by atoms with E-state index in [9.17, 15) is 9.59 Å². The molecule has 5 rings (SSSR count). The van der Waals surface area contributed by atoms with Gasteiger partial charge in [-0.15, -0.1) is 11.3 Å². The molecule has 198 valence electrons. The van der Waals surface area contributed by atoms with Gasteiger partial charge in [-0.05, 0) is 49.2 Å². The number of pyridine rings is 1. The summed E-state index contributed by atoms with van der Waals surface area (Å²) in [5.41, 5.74) is 3.30. The Labute approximate surface area is 225 Å². The number of nitrogens with one attached hydrogen (secondary N) is 2. The average Bonchev–Trinajstić information content (AvgIpc) is 3.60. The molecule has 2 N–H and O–H groups in total. The highest BCUT2D eigenvalue weighted by atomic mass is 32.1. The highest BCUT2D eigenvalue weighted by Crippen LogP contribution is 2.31. The molecule has 1 aliphatic rings. The summed E-state index contributed by atoms with van der Waals surface area (Å²) in [6.07, 6.45) is 4.34. The molecule has 0 bridgehead atoms. The molecular weight excluding hydrogens is 500 g/mol. The van der Waals surface area contributed by atoms with Crippen LogP contribution in [0.2, 0.25) is 0 Å². The van der Waals surface area contributed by atoms with E-state index < -0.39 is 0 Å². The molecular formula is C27H32N8O2S. The van der Waals surface area contributed by atoms with Gasteiger partial charge in [-0.25, -0.2) is 14.5 Å². The molecule has 1 saturated heterocycles. The Morgan fingerprint density at radius 2 is 2.00 bits per heavy atom. The Bertz CT molecular complexity index is 1430. The number of fused-ring (bicyclic) bond motifs is 1. The van der Waals surface area contributed by atoms with E-state index in [4.69, 9.17) is 9.97 Å². The number of thiophene rings is 1. The standard InChI is InChI=1S/C27H32N8O2S/c1-4-33(5-2)13-10-29-26(36)18-15-21(31-24(16-18)34-11-9-22(34)27(37)28-3)19-17-30-35-12-8-20(32-25(19)35)23-7-6-14-38-23/h6-8,12,14-17,22H,4-5,9-11,13H2,1-3H3,(H,28,37)(H,29,36). The molecule has 1 atom stereocenters. The third-order valence-corrected chi connectivity index (χ3v) is 7.86. The van der Waals surface area contributed by atoms with Crippen LogP contribution in [-0.2, 0) is 4.79 Å². The van der Waals surface area contributed by atoms with Crippen molar-refractivity contribution in [1.29, 1.82) is 0 Å². The van der Waals surface area contributed by atoms with Crippen molar-refractivity contribution in [3.63, 3.8) is 0 Å². The summed E-state index contributed by atoms with van der Waals surface area (Å²) in [5, 5.41) is 12.3. The molecule has 1 aliphatic heterocycles. The lowest BCUT2D eigenvalue weighted by atomic mass is 10.0. The summed E-state index contributed by atoms with van der Waals surface area (Å²) in [6, 6.07) is 9.19. The summed E-state index contributed by atoms with van der Waals surface area (Å²) in [5.74, 6) is 0.347. The summed E-state index contributed by atoms with van der Waals surface area (Å²) in [7, 11) is 1.63. The molecule has 0 radical (unpaired) electrons. The van der Waals surface area contributed by atoms with E-state index in [1.807, 2.05) is 34.7 Å². The first-order chi connectivity index (χ1) is 18.5. The average molecular weight is 533 g/mol. The molecule has 11 heteroatoms. The number of hydrogen-bond acceptors (Lipinski definition) is 8. The van der Waals surface area contributed by atoms with Gasteiger partial charge in [-0.2, -0.15) is 5.10 Å². The lowest BCUT2D eigenvalue weighted by Crippen LogP contribution is -2.56. The van der Waals surface area contributed by atoms with Gasteiger partial charge in [0, 0.05) is 38.4 Å². The number of carbonyl (C=O) groups is 2. The quantitative estimate of drug-likeness (QED) is 0.323.